The molecule has 3 aromatic rings. The molecule has 0 unspecified atom stereocenters. The Morgan fingerprint density at radius 3 is 1.54 bits per heavy atom. The Labute approximate surface area is 139 Å². The fourth-order valence-corrected chi connectivity index (χ4v) is 3.26. The van der Waals surface area contributed by atoms with E-state index in [0.717, 1.165) is 0 Å². The highest BCUT2D eigenvalue weighted by Gasteiger charge is 2.46. The number of carbonyl (C=O) groups is 1. The molecule has 0 aliphatic carbocycles. The lowest BCUT2D eigenvalue weighted by Gasteiger charge is -2.32. The van der Waals surface area contributed by atoms with Crippen LogP contribution in [0.2, 0.25) is 0 Å². The second-order valence-corrected chi connectivity index (χ2v) is 5.88. The summed E-state index contributed by atoms with van der Waals surface area (Å²) in [5.74, 6) is 1.28. The summed E-state index contributed by atoms with van der Waals surface area (Å²) in [4.78, 5) is 24.9. The Morgan fingerprint density at radius 2 is 1.29 bits per heavy atom. The molecule has 126 valence electrons. The van der Waals surface area contributed by atoms with Gasteiger partial charge in [0.25, 0.3) is 0 Å². The number of carboxylic acids is 1. The molecule has 24 heavy (non-hydrogen) atoms. The Kier molecular flexibility index (Phi) is 3.96. The maximum atomic E-state index is 11.3. The van der Waals surface area contributed by atoms with Crippen LogP contribution in [0, 0.1) is 0 Å². The monoisotopic (exact) mass is 328 g/mol. The van der Waals surface area contributed by atoms with Gasteiger partial charge in [-0.05, 0) is 6.42 Å². The molecule has 0 aromatic carbocycles. The third-order valence-electron chi connectivity index (χ3n) is 4.32. The maximum Gasteiger partial charge on any atom is 0.303 e. The van der Waals surface area contributed by atoms with E-state index >= 15 is 0 Å². The summed E-state index contributed by atoms with van der Waals surface area (Å²) >= 11 is 0. The molecule has 0 spiro atoms. The first-order valence-electron chi connectivity index (χ1n) is 7.62. The third kappa shape index (κ3) is 2.40. The minimum Gasteiger partial charge on any atom is -0.481 e. The molecule has 0 fully saturated rings. The highest BCUT2D eigenvalue weighted by molar-refractivity contribution is 5.67. The van der Waals surface area contributed by atoms with Crippen LogP contribution >= 0.6 is 0 Å². The quantitative estimate of drug-likeness (QED) is 0.731. The second-order valence-electron chi connectivity index (χ2n) is 5.88. The molecule has 0 aliphatic rings. The first kappa shape index (κ1) is 16.0. The first-order valence-corrected chi connectivity index (χ1v) is 7.62. The lowest BCUT2D eigenvalue weighted by Crippen LogP contribution is -2.38. The summed E-state index contributed by atoms with van der Waals surface area (Å²) in [6, 6.07) is 0. The van der Waals surface area contributed by atoms with Crippen LogP contribution in [0.1, 0.15) is 30.3 Å². The van der Waals surface area contributed by atoms with Gasteiger partial charge in [0, 0.05) is 64.7 Å². The minimum absolute atomic E-state index is 0.0212. The molecule has 0 saturated heterocycles. The van der Waals surface area contributed by atoms with Crippen LogP contribution in [0.15, 0.2) is 37.2 Å². The molecular weight excluding hydrogens is 308 g/mol. The van der Waals surface area contributed by atoms with Crippen molar-refractivity contribution in [2.75, 3.05) is 0 Å². The molecule has 1 N–H and O–H groups in total. The molecule has 0 radical (unpaired) electrons. The van der Waals surface area contributed by atoms with Gasteiger partial charge in [-0.15, -0.1) is 0 Å². The number of imidazole rings is 3. The number of aliphatic carboxylic acids is 1. The van der Waals surface area contributed by atoms with Crippen LogP contribution in [0.25, 0.3) is 0 Å². The third-order valence-corrected chi connectivity index (χ3v) is 4.32. The average Bonchev–Trinajstić information content (AvgIpc) is 3.24. The highest BCUT2D eigenvalue weighted by Crippen LogP contribution is 2.40. The van der Waals surface area contributed by atoms with Gasteiger partial charge in [-0.25, -0.2) is 15.0 Å². The normalized spacial score (nSPS) is 11.8. The summed E-state index contributed by atoms with van der Waals surface area (Å²) < 4.78 is 5.68. The van der Waals surface area contributed by atoms with Gasteiger partial charge in [-0.1, -0.05) is 0 Å². The number of aromatic nitrogens is 6. The molecule has 8 heteroatoms. The van der Waals surface area contributed by atoms with Crippen LogP contribution < -0.4 is 0 Å². The summed E-state index contributed by atoms with van der Waals surface area (Å²) in [7, 11) is 5.68. The number of hydrogen-bond acceptors (Lipinski definition) is 4. The van der Waals surface area contributed by atoms with Crippen molar-refractivity contribution in [2.45, 2.75) is 18.3 Å². The highest BCUT2D eigenvalue weighted by atomic mass is 16.4. The predicted octanol–water partition coefficient (Wildman–Crippen LogP) is 1.09. The van der Waals surface area contributed by atoms with Gasteiger partial charge in [0.2, 0.25) is 0 Å². The van der Waals surface area contributed by atoms with E-state index in [2.05, 4.69) is 15.0 Å². The van der Waals surface area contributed by atoms with Crippen LogP contribution in [-0.2, 0) is 31.4 Å². The lowest BCUT2D eigenvalue weighted by molar-refractivity contribution is -0.137. The topological polar surface area (TPSA) is 90.8 Å². The molecule has 3 rings (SSSR count). The second kappa shape index (κ2) is 5.95. The zero-order valence-corrected chi connectivity index (χ0v) is 13.9. The summed E-state index contributed by atoms with van der Waals surface area (Å²) in [5.41, 5.74) is -0.854. The minimum atomic E-state index is -0.864. The molecule has 0 amide bonds. The number of nitrogens with zero attached hydrogens (tertiary/aromatic N) is 6. The molecule has 0 bridgehead atoms. The van der Waals surface area contributed by atoms with Crippen molar-refractivity contribution in [3.05, 3.63) is 54.7 Å². The van der Waals surface area contributed by atoms with Crippen molar-refractivity contribution in [3.8, 4) is 0 Å². The lowest BCUT2D eigenvalue weighted by atomic mass is 9.79. The fraction of sp³-hybridized carbons (Fsp3) is 0.375. The number of carboxylic acid groups (broad SMARTS) is 1. The molecular formula is C16H20N6O2. The first-order chi connectivity index (χ1) is 11.5. The van der Waals surface area contributed by atoms with Crippen molar-refractivity contribution in [2.24, 2.45) is 21.1 Å². The van der Waals surface area contributed by atoms with E-state index in [1.807, 2.05) is 53.4 Å². The van der Waals surface area contributed by atoms with E-state index in [1.165, 1.54) is 0 Å². The zero-order valence-electron chi connectivity index (χ0n) is 13.9. The van der Waals surface area contributed by atoms with Crippen LogP contribution in [0.3, 0.4) is 0 Å². The molecule has 0 aliphatic heterocycles. The molecule has 3 heterocycles. The summed E-state index contributed by atoms with van der Waals surface area (Å²) in [6.45, 7) is 0. The smallest absolute Gasteiger partial charge is 0.303 e. The van der Waals surface area contributed by atoms with Gasteiger partial charge in [0.1, 0.15) is 22.9 Å². The Morgan fingerprint density at radius 1 is 0.917 bits per heavy atom. The maximum absolute atomic E-state index is 11.3. The molecule has 0 saturated carbocycles. The molecule has 8 nitrogen and oxygen atoms in total. The van der Waals surface area contributed by atoms with Gasteiger partial charge in [0.05, 0.1) is 0 Å². The predicted molar refractivity (Wildman–Crippen MR) is 86.4 cm³/mol. The number of hydrogen-bond donors (Lipinski definition) is 1. The van der Waals surface area contributed by atoms with Crippen LogP contribution in [-0.4, -0.2) is 39.7 Å². The van der Waals surface area contributed by atoms with E-state index in [4.69, 9.17) is 0 Å². The standard InChI is InChI=1S/C16H20N6O2/c1-20-9-6-17-13(20)16(5-4-12(23)24,14-18-7-10-21(14)2)15-19-8-11-22(15)3/h6-11H,4-5H2,1-3H3,(H,23,24). The SMILES string of the molecule is Cn1ccnc1C(CCC(=O)O)(c1nccn1C)c1nccn1C. The zero-order chi connectivity index (χ0) is 17.3. The summed E-state index contributed by atoms with van der Waals surface area (Å²) in [6.07, 6.45) is 10.9. The van der Waals surface area contributed by atoms with Gasteiger partial charge in [0.15, 0.2) is 0 Å². The van der Waals surface area contributed by atoms with Crippen molar-refractivity contribution in [1.29, 1.82) is 0 Å². The van der Waals surface area contributed by atoms with Crippen molar-refractivity contribution in [1.82, 2.24) is 28.7 Å². The average molecular weight is 328 g/mol. The molecule has 0 atom stereocenters. The Bertz CT molecular complexity index is 761. The Hall–Kier alpha value is -2.90. The number of rotatable bonds is 6. The largest absolute Gasteiger partial charge is 0.481 e. The summed E-state index contributed by atoms with van der Waals surface area (Å²) in [5, 5.41) is 9.30. The van der Waals surface area contributed by atoms with E-state index in [0.29, 0.717) is 23.9 Å². The van der Waals surface area contributed by atoms with Crippen molar-refractivity contribution >= 4 is 5.97 Å². The Balaban J connectivity index is 2.32. The van der Waals surface area contributed by atoms with E-state index < -0.39 is 11.4 Å². The van der Waals surface area contributed by atoms with E-state index in [-0.39, 0.29) is 6.42 Å². The van der Waals surface area contributed by atoms with Gasteiger partial charge in [-0.3, -0.25) is 4.79 Å². The van der Waals surface area contributed by atoms with Crippen molar-refractivity contribution in [3.63, 3.8) is 0 Å². The van der Waals surface area contributed by atoms with Gasteiger partial charge >= 0.3 is 5.97 Å². The fourth-order valence-electron chi connectivity index (χ4n) is 3.26. The van der Waals surface area contributed by atoms with Crippen LogP contribution in [0.5, 0.6) is 0 Å². The van der Waals surface area contributed by atoms with Crippen LogP contribution in [0.4, 0.5) is 0 Å². The van der Waals surface area contributed by atoms with Gasteiger partial charge in [-0.2, -0.15) is 0 Å². The van der Waals surface area contributed by atoms with Crippen molar-refractivity contribution < 1.29 is 9.90 Å². The van der Waals surface area contributed by atoms with E-state index in [9.17, 15) is 9.90 Å². The molecule has 3 aromatic heterocycles. The van der Waals surface area contributed by atoms with E-state index in [1.54, 1.807) is 18.6 Å². The number of aryl methyl sites for hydroxylation is 3. The van der Waals surface area contributed by atoms with Gasteiger partial charge < -0.3 is 18.8 Å².